The number of nitrogens with one attached hydrogen (secondary N) is 1. The Morgan fingerprint density at radius 1 is 1.13 bits per heavy atom. The summed E-state index contributed by atoms with van der Waals surface area (Å²) in [5.41, 5.74) is 2.09. The van der Waals surface area contributed by atoms with Gasteiger partial charge in [0.2, 0.25) is 0 Å². The highest BCUT2D eigenvalue weighted by molar-refractivity contribution is 5.95. The highest BCUT2D eigenvalue weighted by atomic mass is 16.4. The lowest BCUT2D eigenvalue weighted by Crippen LogP contribution is -2.33. The summed E-state index contributed by atoms with van der Waals surface area (Å²) in [6, 6.07) is 12.7. The molecule has 0 spiro atoms. The molecule has 162 valence electrons. The summed E-state index contributed by atoms with van der Waals surface area (Å²) < 4.78 is 6.97. The second kappa shape index (κ2) is 9.04. The number of aryl methyl sites for hydroxylation is 1. The van der Waals surface area contributed by atoms with Crippen LogP contribution >= 0.6 is 0 Å². The lowest BCUT2D eigenvalue weighted by Gasteiger charge is -2.13. The summed E-state index contributed by atoms with van der Waals surface area (Å²) in [6.45, 7) is 5.96. The number of pyridine rings is 1. The van der Waals surface area contributed by atoms with Crippen LogP contribution in [0.15, 0.2) is 57.9 Å². The van der Waals surface area contributed by atoms with E-state index in [1.807, 2.05) is 24.3 Å². The van der Waals surface area contributed by atoms with Crippen molar-refractivity contribution in [2.45, 2.75) is 33.2 Å². The van der Waals surface area contributed by atoms with E-state index >= 15 is 0 Å². The minimum Gasteiger partial charge on any atom is -0.454 e. The third-order valence-corrected chi connectivity index (χ3v) is 5.04. The first-order valence-corrected chi connectivity index (χ1v) is 10.1. The first kappa shape index (κ1) is 22.1. The Morgan fingerprint density at radius 2 is 1.87 bits per heavy atom. The molecule has 3 aromatic rings. The van der Waals surface area contributed by atoms with Crippen molar-refractivity contribution in [3.8, 4) is 5.69 Å². The van der Waals surface area contributed by atoms with Crippen LogP contribution in [0, 0.1) is 6.92 Å². The Morgan fingerprint density at radius 3 is 2.55 bits per heavy atom. The number of carbonyl (C=O) groups excluding carboxylic acids is 2. The summed E-state index contributed by atoms with van der Waals surface area (Å²) in [6.07, 6.45) is 1.68. The Kier molecular flexibility index (Phi) is 6.44. The normalized spacial score (nSPS) is 10.9. The summed E-state index contributed by atoms with van der Waals surface area (Å²) in [4.78, 5) is 39.3. The first-order chi connectivity index (χ1) is 14.7. The molecule has 7 heteroatoms. The van der Waals surface area contributed by atoms with E-state index in [9.17, 15) is 14.4 Å². The molecule has 1 aromatic carbocycles. The lowest BCUT2D eigenvalue weighted by molar-refractivity contribution is 0.0794. The van der Waals surface area contributed by atoms with Crippen LogP contribution in [-0.4, -0.2) is 35.4 Å². The molecule has 2 aromatic heterocycles. The molecule has 0 saturated carbocycles. The second-order valence-corrected chi connectivity index (χ2v) is 7.95. The van der Waals surface area contributed by atoms with Gasteiger partial charge in [-0.2, -0.15) is 0 Å². The van der Waals surface area contributed by atoms with E-state index < -0.39 is 5.91 Å². The van der Waals surface area contributed by atoms with Crippen molar-refractivity contribution in [3.63, 3.8) is 0 Å². The third-order valence-electron chi connectivity index (χ3n) is 5.04. The number of hydrogen-bond acceptors (Lipinski definition) is 4. The average Bonchev–Trinajstić information content (AvgIpc) is 3.20. The van der Waals surface area contributed by atoms with Crippen molar-refractivity contribution in [1.29, 1.82) is 0 Å². The van der Waals surface area contributed by atoms with E-state index in [0.29, 0.717) is 22.9 Å². The predicted octanol–water partition coefficient (Wildman–Crippen LogP) is 3.49. The fourth-order valence-electron chi connectivity index (χ4n) is 3.20. The van der Waals surface area contributed by atoms with E-state index in [1.54, 1.807) is 45.4 Å². The maximum Gasteiger partial charge on any atom is 0.289 e. The van der Waals surface area contributed by atoms with Gasteiger partial charge in [0.1, 0.15) is 11.3 Å². The van der Waals surface area contributed by atoms with Crippen LogP contribution in [0.4, 0.5) is 0 Å². The van der Waals surface area contributed by atoms with Gasteiger partial charge in [0.25, 0.3) is 17.4 Å². The van der Waals surface area contributed by atoms with Crippen molar-refractivity contribution in [2.24, 2.45) is 0 Å². The molecular weight excluding hydrogens is 394 g/mol. The van der Waals surface area contributed by atoms with Gasteiger partial charge in [0.05, 0.1) is 6.54 Å². The number of aromatic nitrogens is 1. The van der Waals surface area contributed by atoms with Crippen LogP contribution in [0.3, 0.4) is 0 Å². The fraction of sp³-hybridized carbons (Fsp3) is 0.292. The molecular formula is C24H27N3O4. The van der Waals surface area contributed by atoms with Crippen molar-refractivity contribution in [1.82, 2.24) is 14.8 Å². The van der Waals surface area contributed by atoms with Crippen LogP contribution in [0.25, 0.3) is 5.69 Å². The zero-order chi connectivity index (χ0) is 22.7. The maximum absolute atomic E-state index is 13.1. The zero-order valence-corrected chi connectivity index (χ0v) is 18.4. The van der Waals surface area contributed by atoms with Crippen LogP contribution < -0.4 is 10.9 Å². The van der Waals surface area contributed by atoms with E-state index in [1.165, 1.54) is 9.47 Å². The number of furan rings is 1. The van der Waals surface area contributed by atoms with Crippen LogP contribution in [0.2, 0.25) is 0 Å². The largest absolute Gasteiger partial charge is 0.454 e. The number of hydrogen-bond donors (Lipinski definition) is 1. The highest BCUT2D eigenvalue weighted by Gasteiger charge is 2.18. The average molecular weight is 421 g/mol. The Labute approximate surface area is 181 Å². The maximum atomic E-state index is 13.1. The van der Waals surface area contributed by atoms with E-state index in [2.05, 4.69) is 19.2 Å². The molecule has 0 aliphatic rings. The molecule has 0 unspecified atom stereocenters. The molecule has 2 amide bonds. The van der Waals surface area contributed by atoms with E-state index in [4.69, 9.17) is 4.42 Å². The molecule has 0 saturated heterocycles. The summed E-state index contributed by atoms with van der Waals surface area (Å²) in [7, 11) is 3.26. The molecule has 1 N–H and O–H groups in total. The van der Waals surface area contributed by atoms with Gasteiger partial charge in [0, 0.05) is 26.0 Å². The Balaban J connectivity index is 1.84. The first-order valence-electron chi connectivity index (χ1n) is 10.1. The molecule has 0 fully saturated rings. The van der Waals surface area contributed by atoms with Crippen molar-refractivity contribution in [2.75, 3.05) is 14.1 Å². The summed E-state index contributed by atoms with van der Waals surface area (Å²) >= 11 is 0. The summed E-state index contributed by atoms with van der Waals surface area (Å²) in [5.74, 6) is 0.188. The molecule has 7 nitrogen and oxygen atoms in total. The van der Waals surface area contributed by atoms with Crippen molar-refractivity contribution in [3.05, 3.63) is 87.2 Å². The van der Waals surface area contributed by atoms with Gasteiger partial charge in [-0.1, -0.05) is 26.0 Å². The van der Waals surface area contributed by atoms with Crippen LogP contribution in [0.1, 0.15) is 57.6 Å². The van der Waals surface area contributed by atoms with Gasteiger partial charge in [-0.05, 0) is 54.3 Å². The minimum absolute atomic E-state index is 0.0656. The minimum atomic E-state index is -0.492. The monoisotopic (exact) mass is 421 g/mol. The number of nitrogens with zero attached hydrogens (tertiary/aromatic N) is 2. The molecule has 2 heterocycles. The van der Waals surface area contributed by atoms with Crippen molar-refractivity contribution < 1.29 is 14.0 Å². The molecule has 0 aliphatic heterocycles. The van der Waals surface area contributed by atoms with Gasteiger partial charge in [-0.15, -0.1) is 0 Å². The quantitative estimate of drug-likeness (QED) is 0.660. The zero-order valence-electron chi connectivity index (χ0n) is 18.4. The Hall–Kier alpha value is -3.61. The molecule has 3 rings (SSSR count). The van der Waals surface area contributed by atoms with E-state index in [-0.39, 0.29) is 29.3 Å². The number of amides is 2. The number of carbonyl (C=O) groups is 2. The third kappa shape index (κ3) is 4.77. The molecule has 0 atom stereocenters. The van der Waals surface area contributed by atoms with Gasteiger partial charge < -0.3 is 14.6 Å². The van der Waals surface area contributed by atoms with Gasteiger partial charge in [-0.3, -0.25) is 19.0 Å². The molecule has 0 radical (unpaired) electrons. The molecule has 0 bridgehead atoms. The van der Waals surface area contributed by atoms with E-state index in [0.717, 1.165) is 5.56 Å². The lowest BCUT2D eigenvalue weighted by atomic mass is 10.0. The van der Waals surface area contributed by atoms with Crippen molar-refractivity contribution >= 4 is 11.8 Å². The number of benzene rings is 1. The smallest absolute Gasteiger partial charge is 0.289 e. The molecule has 31 heavy (non-hydrogen) atoms. The predicted molar refractivity (Wildman–Crippen MR) is 119 cm³/mol. The van der Waals surface area contributed by atoms with Gasteiger partial charge in [0.15, 0.2) is 5.76 Å². The standard InChI is InChI=1S/C24H27N3O4/c1-15(2)17-7-6-8-18(13-17)27-12-11-16(3)21(24(27)30)22(28)25-14-19-9-10-20(31-19)23(29)26(4)5/h6-13,15H,14H2,1-5H3,(H,25,28). The Bertz CT molecular complexity index is 1170. The van der Waals surface area contributed by atoms with Crippen LogP contribution in [-0.2, 0) is 6.54 Å². The van der Waals surface area contributed by atoms with Crippen LogP contribution in [0.5, 0.6) is 0 Å². The number of rotatable bonds is 6. The van der Waals surface area contributed by atoms with Gasteiger partial charge in [-0.25, -0.2) is 0 Å². The highest BCUT2D eigenvalue weighted by Crippen LogP contribution is 2.18. The fourth-order valence-corrected chi connectivity index (χ4v) is 3.20. The summed E-state index contributed by atoms with van der Waals surface area (Å²) in [5, 5.41) is 2.72. The molecule has 0 aliphatic carbocycles. The SMILES string of the molecule is Cc1ccn(-c2cccc(C(C)C)c2)c(=O)c1C(=O)NCc1ccc(C(=O)N(C)C)o1. The second-order valence-electron chi connectivity index (χ2n) is 7.95. The van der Waals surface area contributed by atoms with Gasteiger partial charge >= 0.3 is 0 Å². The topological polar surface area (TPSA) is 84.5 Å².